The van der Waals surface area contributed by atoms with Crippen LogP contribution < -0.4 is 10.2 Å². The van der Waals surface area contributed by atoms with Crippen molar-refractivity contribution in [3.05, 3.63) is 88.2 Å². The molecular formula is C36H51AlNO3. The number of para-hydroxylation sites is 2. The molecule has 1 radical (unpaired) electrons. The van der Waals surface area contributed by atoms with Gasteiger partial charge in [-0.25, -0.2) is 0 Å². The first kappa shape index (κ1) is 38.4. The van der Waals surface area contributed by atoms with E-state index in [-0.39, 0.29) is 56.3 Å². The van der Waals surface area contributed by atoms with E-state index in [1.54, 1.807) is 25.3 Å². The van der Waals surface area contributed by atoms with Crippen LogP contribution in [0.5, 0.6) is 11.5 Å². The van der Waals surface area contributed by atoms with Gasteiger partial charge in [-0.05, 0) is 47.6 Å². The Kier molecular flexibility index (Phi) is 13.6. The molecular weight excluding hydrogens is 521 g/mol. The Labute approximate surface area is 260 Å². The molecule has 3 rings (SSSR count). The number of aryl methyl sites for hydroxylation is 1. The summed E-state index contributed by atoms with van der Waals surface area (Å²) >= 11 is 0. The van der Waals surface area contributed by atoms with E-state index in [0.29, 0.717) is 5.56 Å². The van der Waals surface area contributed by atoms with Crippen molar-refractivity contribution in [3.63, 3.8) is 0 Å². The van der Waals surface area contributed by atoms with Gasteiger partial charge in [0.2, 0.25) is 0 Å². The quantitative estimate of drug-likeness (QED) is 0.219. The summed E-state index contributed by atoms with van der Waals surface area (Å²) in [4.78, 5) is 14.8. The second-order valence-corrected chi connectivity index (χ2v) is 14.6. The monoisotopic (exact) mass is 572 g/mol. The average Bonchev–Trinajstić information content (AvgIpc) is 2.77. The number of ketones is 1. The van der Waals surface area contributed by atoms with Crippen LogP contribution in [0.25, 0.3) is 0 Å². The van der Waals surface area contributed by atoms with E-state index in [1.807, 2.05) is 43.3 Å². The fraction of sp³-hybridized carbons (Fsp3) is 0.500. The van der Waals surface area contributed by atoms with Crippen molar-refractivity contribution in [1.29, 1.82) is 0 Å². The summed E-state index contributed by atoms with van der Waals surface area (Å²) in [5, 5.41) is 24.5. The number of Topliss-reactive ketones (excluding diaryl/α,β-unsaturated/α-hetero) is 1. The van der Waals surface area contributed by atoms with Crippen LogP contribution in [-0.4, -0.2) is 28.1 Å². The third-order valence-electron chi connectivity index (χ3n) is 6.65. The molecule has 3 aromatic rings. The van der Waals surface area contributed by atoms with Crippen LogP contribution in [0, 0.1) is 6.92 Å². The van der Waals surface area contributed by atoms with Crippen LogP contribution in [0.3, 0.4) is 0 Å². The van der Waals surface area contributed by atoms with Crippen molar-refractivity contribution >= 4 is 23.1 Å². The third kappa shape index (κ3) is 11.3. The molecule has 0 spiro atoms. The van der Waals surface area contributed by atoms with E-state index in [0.717, 1.165) is 27.9 Å². The molecule has 0 atom stereocenters. The Morgan fingerprint density at radius 3 is 1.07 bits per heavy atom. The number of hydrogen-bond donors (Lipinski definition) is 0. The summed E-state index contributed by atoms with van der Waals surface area (Å²) in [6, 6.07) is 15.3. The van der Waals surface area contributed by atoms with Gasteiger partial charge in [0.15, 0.2) is 5.78 Å². The predicted octanol–water partition coefficient (Wildman–Crippen LogP) is 7.92. The van der Waals surface area contributed by atoms with E-state index < -0.39 is 0 Å². The summed E-state index contributed by atoms with van der Waals surface area (Å²) in [6.07, 6.45) is 1.68. The molecule has 4 nitrogen and oxygen atoms in total. The van der Waals surface area contributed by atoms with Gasteiger partial charge in [0.05, 0.1) is 0 Å². The second kappa shape index (κ2) is 14.5. The van der Waals surface area contributed by atoms with Crippen LogP contribution in [-0.2, 0) is 21.7 Å². The summed E-state index contributed by atoms with van der Waals surface area (Å²) in [7, 11) is 0. The van der Waals surface area contributed by atoms with Gasteiger partial charge in [-0.2, -0.15) is 0 Å². The smallest absolute Gasteiger partial charge is 0.872 e. The number of carbonyl (C=O) groups is 1. The Bertz CT molecular complexity index is 1150. The molecule has 221 valence electrons. The maximum Gasteiger partial charge on any atom is 2.00 e. The van der Waals surface area contributed by atoms with Gasteiger partial charge in [0.25, 0.3) is 0 Å². The Balaban J connectivity index is 0.000000591. The molecule has 1 heterocycles. The molecule has 0 saturated carbocycles. The topological polar surface area (TPSA) is 76.1 Å². The SMILES string of the molecule is CC(=O)c1cccnc1C.CC(C)(C)c1cccc(C(C)(C)C)c1[O-].CC(C)(C)c1cccc(C(C)(C)C)c1[O-].[Al+2]. The summed E-state index contributed by atoms with van der Waals surface area (Å²) in [6.45, 7) is 28.3. The minimum atomic E-state index is -0.0711. The zero-order chi connectivity index (χ0) is 31.3. The molecule has 0 saturated heterocycles. The van der Waals surface area contributed by atoms with Gasteiger partial charge < -0.3 is 10.2 Å². The van der Waals surface area contributed by atoms with E-state index in [9.17, 15) is 15.0 Å². The van der Waals surface area contributed by atoms with Gasteiger partial charge in [-0.15, -0.1) is 11.5 Å². The second-order valence-electron chi connectivity index (χ2n) is 14.6. The van der Waals surface area contributed by atoms with E-state index in [2.05, 4.69) is 88.1 Å². The Morgan fingerprint density at radius 1 is 0.585 bits per heavy atom. The van der Waals surface area contributed by atoms with Crippen molar-refractivity contribution in [2.45, 2.75) is 119 Å². The standard InChI is InChI=1S/2C14H22O.C8H9NO.Al/c2*1-13(2,3)10-8-7-9-11(12(10)15)14(4,5)6;1-6-8(7(2)10)4-3-5-9-6;/h2*7-9,15H,1-6H3;3-5H,1-2H3;/q;;;+2/p-2. The largest absolute Gasteiger partial charge is 2.00 e. The zero-order valence-corrected chi connectivity index (χ0v) is 29.1. The van der Waals surface area contributed by atoms with Crippen molar-refractivity contribution in [3.8, 4) is 11.5 Å². The maximum atomic E-state index is 12.3. The number of pyridine rings is 1. The van der Waals surface area contributed by atoms with Crippen molar-refractivity contribution in [1.82, 2.24) is 4.98 Å². The molecule has 2 aromatic carbocycles. The molecule has 0 unspecified atom stereocenters. The first-order chi connectivity index (χ1) is 18.0. The van der Waals surface area contributed by atoms with Gasteiger partial charge in [0.1, 0.15) is 0 Å². The van der Waals surface area contributed by atoms with E-state index in [1.165, 1.54) is 0 Å². The molecule has 0 fully saturated rings. The van der Waals surface area contributed by atoms with Crippen molar-refractivity contribution in [2.24, 2.45) is 0 Å². The zero-order valence-electron chi connectivity index (χ0n) is 27.9. The fourth-order valence-electron chi connectivity index (χ4n) is 4.29. The molecule has 41 heavy (non-hydrogen) atoms. The Morgan fingerprint density at radius 2 is 0.878 bits per heavy atom. The average molecular weight is 573 g/mol. The first-order valence-corrected chi connectivity index (χ1v) is 14.0. The molecule has 1 aromatic heterocycles. The van der Waals surface area contributed by atoms with Gasteiger partial charge in [-0.1, -0.05) is 142 Å². The molecule has 0 bridgehead atoms. The number of aromatic nitrogens is 1. The third-order valence-corrected chi connectivity index (χ3v) is 6.65. The fourth-order valence-corrected chi connectivity index (χ4v) is 4.29. The van der Waals surface area contributed by atoms with E-state index in [4.69, 9.17) is 0 Å². The van der Waals surface area contributed by atoms with Gasteiger partial charge >= 0.3 is 17.4 Å². The number of nitrogens with zero attached hydrogens (tertiary/aromatic N) is 1. The normalized spacial score (nSPS) is 11.8. The van der Waals surface area contributed by atoms with Crippen molar-refractivity contribution < 1.29 is 15.0 Å². The number of carbonyl (C=O) groups excluding carboxylic acids is 1. The van der Waals surface area contributed by atoms with Crippen LogP contribution in [0.4, 0.5) is 0 Å². The molecule has 0 amide bonds. The van der Waals surface area contributed by atoms with Crippen LogP contribution in [0.2, 0.25) is 0 Å². The van der Waals surface area contributed by atoms with Crippen LogP contribution in [0.15, 0.2) is 54.7 Å². The summed E-state index contributed by atoms with van der Waals surface area (Å²) < 4.78 is 0. The molecule has 0 aliphatic heterocycles. The van der Waals surface area contributed by atoms with Crippen LogP contribution >= 0.6 is 0 Å². The summed E-state index contributed by atoms with van der Waals surface area (Å²) in [5.41, 5.74) is 4.88. The molecule has 0 N–H and O–H groups in total. The number of rotatable bonds is 1. The molecule has 5 heteroatoms. The maximum absolute atomic E-state index is 12.3. The Hall–Kier alpha value is -2.61. The predicted molar refractivity (Wildman–Crippen MR) is 171 cm³/mol. The van der Waals surface area contributed by atoms with Gasteiger partial charge in [-0.3, -0.25) is 9.78 Å². The minimum Gasteiger partial charge on any atom is -0.872 e. The number of hydrogen-bond acceptors (Lipinski definition) is 4. The van der Waals surface area contributed by atoms with Gasteiger partial charge in [0, 0.05) is 17.5 Å². The van der Waals surface area contributed by atoms with Crippen molar-refractivity contribution in [2.75, 3.05) is 0 Å². The summed E-state index contributed by atoms with van der Waals surface area (Å²) in [5.74, 6) is 0.487. The molecule has 0 aliphatic carbocycles. The first-order valence-electron chi connectivity index (χ1n) is 14.0. The number of benzene rings is 2. The molecule has 0 aliphatic rings. The minimum absolute atomic E-state index is 0. The van der Waals surface area contributed by atoms with Crippen LogP contribution in [0.1, 0.15) is 128 Å². The van der Waals surface area contributed by atoms with E-state index >= 15 is 0 Å².